The molecule has 0 amide bonds. The standard InChI is InChI=1S/C11H12N4O2S/c1-2-18(16,17)9-5-3-8(4-6-9)10-7-13-15-11(12)14-10/h3-7H,2H2,1H3,(H2,12,14,15). The van der Waals surface area contributed by atoms with Gasteiger partial charge in [0.15, 0.2) is 9.84 Å². The molecule has 94 valence electrons. The summed E-state index contributed by atoms with van der Waals surface area (Å²) in [5.74, 6) is 0.159. The quantitative estimate of drug-likeness (QED) is 0.884. The zero-order valence-electron chi connectivity index (χ0n) is 9.74. The smallest absolute Gasteiger partial charge is 0.240 e. The van der Waals surface area contributed by atoms with Crippen molar-refractivity contribution < 1.29 is 8.42 Å². The normalized spacial score (nSPS) is 11.4. The van der Waals surface area contributed by atoms with Crippen LogP contribution in [-0.2, 0) is 9.84 Å². The molecule has 6 nitrogen and oxygen atoms in total. The van der Waals surface area contributed by atoms with Gasteiger partial charge in [-0.15, -0.1) is 5.10 Å². The highest BCUT2D eigenvalue weighted by molar-refractivity contribution is 7.91. The lowest BCUT2D eigenvalue weighted by Crippen LogP contribution is -2.03. The van der Waals surface area contributed by atoms with E-state index in [-0.39, 0.29) is 11.7 Å². The van der Waals surface area contributed by atoms with Gasteiger partial charge in [-0.1, -0.05) is 19.1 Å². The topological polar surface area (TPSA) is 98.8 Å². The average molecular weight is 264 g/mol. The Labute approximate surface area is 105 Å². The largest absolute Gasteiger partial charge is 0.366 e. The lowest BCUT2D eigenvalue weighted by atomic mass is 10.2. The number of nitrogens with two attached hydrogens (primary N) is 1. The van der Waals surface area contributed by atoms with Crippen LogP contribution in [0.2, 0.25) is 0 Å². The van der Waals surface area contributed by atoms with Crippen molar-refractivity contribution in [3.05, 3.63) is 30.5 Å². The fourth-order valence-corrected chi connectivity index (χ4v) is 2.34. The van der Waals surface area contributed by atoms with Gasteiger partial charge in [-0.25, -0.2) is 13.4 Å². The van der Waals surface area contributed by atoms with E-state index in [0.717, 1.165) is 5.56 Å². The third kappa shape index (κ3) is 2.45. The summed E-state index contributed by atoms with van der Waals surface area (Å²) in [5.41, 5.74) is 6.74. The van der Waals surface area contributed by atoms with E-state index in [1.54, 1.807) is 31.2 Å². The Morgan fingerprint density at radius 1 is 1.22 bits per heavy atom. The molecule has 0 radical (unpaired) electrons. The molecule has 0 aliphatic heterocycles. The second-order valence-electron chi connectivity index (χ2n) is 3.63. The first-order valence-electron chi connectivity index (χ1n) is 5.31. The van der Waals surface area contributed by atoms with Crippen LogP contribution in [0, 0.1) is 0 Å². The Morgan fingerprint density at radius 3 is 2.44 bits per heavy atom. The van der Waals surface area contributed by atoms with Gasteiger partial charge in [0.05, 0.1) is 22.5 Å². The van der Waals surface area contributed by atoms with Gasteiger partial charge in [-0.3, -0.25) is 0 Å². The number of hydrogen-bond donors (Lipinski definition) is 1. The van der Waals surface area contributed by atoms with E-state index in [2.05, 4.69) is 15.2 Å². The zero-order chi connectivity index (χ0) is 13.2. The van der Waals surface area contributed by atoms with E-state index in [9.17, 15) is 8.42 Å². The van der Waals surface area contributed by atoms with Gasteiger partial charge in [0, 0.05) is 5.56 Å². The van der Waals surface area contributed by atoms with Crippen molar-refractivity contribution in [2.75, 3.05) is 11.5 Å². The first-order valence-corrected chi connectivity index (χ1v) is 6.96. The molecule has 2 rings (SSSR count). The Morgan fingerprint density at radius 2 is 1.89 bits per heavy atom. The summed E-state index contributed by atoms with van der Waals surface area (Å²) < 4.78 is 23.3. The predicted octanol–water partition coefficient (Wildman–Crippen LogP) is 0.914. The lowest BCUT2D eigenvalue weighted by molar-refractivity contribution is 0.597. The molecule has 1 aromatic carbocycles. The van der Waals surface area contributed by atoms with Crippen LogP contribution in [0.5, 0.6) is 0 Å². The molecule has 1 heterocycles. The third-order valence-corrected chi connectivity index (χ3v) is 4.21. The van der Waals surface area contributed by atoms with Gasteiger partial charge in [0.1, 0.15) is 0 Å². The van der Waals surface area contributed by atoms with E-state index in [1.807, 2.05) is 0 Å². The molecule has 18 heavy (non-hydrogen) atoms. The summed E-state index contributed by atoms with van der Waals surface area (Å²) in [6, 6.07) is 6.44. The molecule has 0 aliphatic rings. The molecule has 2 N–H and O–H groups in total. The summed E-state index contributed by atoms with van der Waals surface area (Å²) in [6.07, 6.45) is 1.47. The Hall–Kier alpha value is -2.02. The number of anilines is 1. The predicted molar refractivity (Wildman–Crippen MR) is 67.4 cm³/mol. The van der Waals surface area contributed by atoms with E-state index in [1.165, 1.54) is 6.20 Å². The molecule has 1 aromatic heterocycles. The summed E-state index contributed by atoms with van der Waals surface area (Å²) >= 11 is 0. The van der Waals surface area contributed by atoms with Crippen LogP contribution < -0.4 is 5.73 Å². The van der Waals surface area contributed by atoms with Crippen molar-refractivity contribution in [2.24, 2.45) is 0 Å². The van der Waals surface area contributed by atoms with E-state index in [0.29, 0.717) is 10.6 Å². The van der Waals surface area contributed by atoms with Gasteiger partial charge in [0.2, 0.25) is 5.95 Å². The average Bonchev–Trinajstić information content (AvgIpc) is 2.39. The van der Waals surface area contributed by atoms with Crippen LogP contribution in [0.1, 0.15) is 6.92 Å². The van der Waals surface area contributed by atoms with Crippen molar-refractivity contribution in [2.45, 2.75) is 11.8 Å². The van der Waals surface area contributed by atoms with Crippen LogP contribution in [0.3, 0.4) is 0 Å². The number of sulfone groups is 1. The van der Waals surface area contributed by atoms with Crippen molar-refractivity contribution in [3.63, 3.8) is 0 Å². The van der Waals surface area contributed by atoms with Crippen LogP contribution in [0.4, 0.5) is 5.95 Å². The Bertz CT molecular complexity index is 653. The van der Waals surface area contributed by atoms with Crippen molar-refractivity contribution >= 4 is 15.8 Å². The molecule has 0 aliphatic carbocycles. The van der Waals surface area contributed by atoms with E-state index in [4.69, 9.17) is 5.73 Å². The fraction of sp³-hybridized carbons (Fsp3) is 0.182. The molecular formula is C11H12N4O2S. The van der Waals surface area contributed by atoms with Gasteiger partial charge in [-0.2, -0.15) is 5.10 Å². The SMILES string of the molecule is CCS(=O)(=O)c1ccc(-c2cnnc(N)n2)cc1. The summed E-state index contributed by atoms with van der Waals surface area (Å²) in [4.78, 5) is 4.31. The van der Waals surface area contributed by atoms with Gasteiger partial charge >= 0.3 is 0 Å². The molecule has 0 fully saturated rings. The number of benzene rings is 1. The number of aromatic nitrogens is 3. The molecule has 0 saturated carbocycles. The maximum atomic E-state index is 11.6. The fourth-order valence-electron chi connectivity index (χ4n) is 1.46. The van der Waals surface area contributed by atoms with Crippen molar-refractivity contribution in [1.82, 2.24) is 15.2 Å². The molecule has 0 saturated heterocycles. The molecule has 0 unspecified atom stereocenters. The zero-order valence-corrected chi connectivity index (χ0v) is 10.6. The first kappa shape index (κ1) is 12.4. The number of rotatable bonds is 3. The second kappa shape index (κ2) is 4.69. The monoisotopic (exact) mass is 264 g/mol. The third-order valence-electron chi connectivity index (χ3n) is 2.46. The van der Waals surface area contributed by atoms with Crippen LogP contribution in [-0.4, -0.2) is 29.4 Å². The Balaban J connectivity index is 2.40. The summed E-state index contributed by atoms with van der Waals surface area (Å²) in [5, 5.41) is 7.25. The molecule has 2 aromatic rings. The van der Waals surface area contributed by atoms with E-state index >= 15 is 0 Å². The molecule has 0 spiro atoms. The second-order valence-corrected chi connectivity index (χ2v) is 5.91. The minimum atomic E-state index is -3.18. The maximum absolute atomic E-state index is 11.6. The van der Waals surface area contributed by atoms with Gasteiger partial charge in [0.25, 0.3) is 0 Å². The highest BCUT2D eigenvalue weighted by Gasteiger charge is 2.11. The number of hydrogen-bond acceptors (Lipinski definition) is 6. The number of nitrogens with zero attached hydrogens (tertiary/aromatic N) is 3. The maximum Gasteiger partial charge on any atom is 0.240 e. The molecular weight excluding hydrogens is 252 g/mol. The van der Waals surface area contributed by atoms with Gasteiger partial charge in [-0.05, 0) is 12.1 Å². The number of nitrogen functional groups attached to an aromatic ring is 1. The minimum absolute atomic E-state index is 0.0777. The highest BCUT2D eigenvalue weighted by atomic mass is 32.2. The lowest BCUT2D eigenvalue weighted by Gasteiger charge is -2.03. The van der Waals surface area contributed by atoms with Crippen molar-refractivity contribution in [3.8, 4) is 11.3 Å². The molecule has 0 atom stereocenters. The molecule has 7 heteroatoms. The van der Waals surface area contributed by atoms with Crippen LogP contribution in [0.15, 0.2) is 35.4 Å². The first-order chi connectivity index (χ1) is 8.53. The Kier molecular flexibility index (Phi) is 3.24. The summed E-state index contributed by atoms with van der Waals surface area (Å²) in [7, 11) is -3.18. The summed E-state index contributed by atoms with van der Waals surface area (Å²) in [6.45, 7) is 1.61. The van der Waals surface area contributed by atoms with Crippen molar-refractivity contribution in [1.29, 1.82) is 0 Å². The van der Waals surface area contributed by atoms with Gasteiger partial charge < -0.3 is 5.73 Å². The van der Waals surface area contributed by atoms with Crippen LogP contribution in [0.25, 0.3) is 11.3 Å². The molecule has 0 bridgehead atoms. The van der Waals surface area contributed by atoms with E-state index < -0.39 is 9.84 Å². The highest BCUT2D eigenvalue weighted by Crippen LogP contribution is 2.19. The van der Waals surface area contributed by atoms with Crippen LogP contribution >= 0.6 is 0 Å². The minimum Gasteiger partial charge on any atom is -0.366 e.